The Morgan fingerprint density at radius 1 is 1.50 bits per heavy atom. The van der Waals surface area contributed by atoms with Crippen molar-refractivity contribution in [2.45, 2.75) is 23.2 Å². The van der Waals surface area contributed by atoms with Gasteiger partial charge >= 0.3 is 5.69 Å². The number of H-pyrrole nitrogens is 1. The summed E-state index contributed by atoms with van der Waals surface area (Å²) in [5, 5.41) is 21.0. The molecule has 0 radical (unpaired) electrons. The molecule has 1 aliphatic rings. The largest absolute Gasteiger partial charge is 0.318 e. The number of aromatic nitrogens is 3. The number of hydrogen-bond donors (Lipinski definition) is 2. The highest BCUT2D eigenvalue weighted by Gasteiger charge is 2.26. The molecule has 2 N–H and O–H groups in total. The number of aromatic amines is 1. The lowest BCUT2D eigenvalue weighted by Crippen LogP contribution is -2.01. The van der Waals surface area contributed by atoms with Crippen LogP contribution in [0, 0.1) is 10.1 Å². The minimum Gasteiger partial charge on any atom is -0.318 e. The smallest absolute Gasteiger partial charge is 0.311 e. The SMILES string of the molecule is O=[N+]([O-])c1ccc(CI)nc1Nc1cc(C2CC2)[nH]n1. The molecule has 0 aromatic carbocycles. The lowest BCUT2D eigenvalue weighted by atomic mass is 10.3. The van der Waals surface area contributed by atoms with Crippen LogP contribution in [-0.2, 0) is 4.43 Å². The average Bonchev–Trinajstić information content (AvgIpc) is 3.19. The Labute approximate surface area is 128 Å². The highest BCUT2D eigenvalue weighted by atomic mass is 127. The lowest BCUT2D eigenvalue weighted by Gasteiger charge is -2.04. The molecule has 0 amide bonds. The Bertz CT molecular complexity index is 653. The Morgan fingerprint density at radius 3 is 2.95 bits per heavy atom. The molecular formula is C12H12IN5O2. The molecule has 2 heterocycles. The standard InChI is InChI=1S/C12H12IN5O2/c13-6-8-3-4-10(18(19)20)12(14-8)15-11-5-9(16-17-11)7-1-2-7/h3-5,7H,1-2,6H2,(H2,14,15,16,17). The van der Waals surface area contributed by atoms with Crippen molar-refractivity contribution in [2.24, 2.45) is 0 Å². The second-order valence-electron chi connectivity index (χ2n) is 4.67. The van der Waals surface area contributed by atoms with E-state index in [1.54, 1.807) is 6.07 Å². The number of halogens is 1. The predicted octanol–water partition coefficient (Wildman–Crippen LogP) is 3.27. The highest BCUT2D eigenvalue weighted by molar-refractivity contribution is 14.1. The second kappa shape index (κ2) is 5.35. The highest BCUT2D eigenvalue weighted by Crippen LogP contribution is 2.39. The van der Waals surface area contributed by atoms with Gasteiger partial charge in [-0.25, -0.2) is 4.98 Å². The summed E-state index contributed by atoms with van der Waals surface area (Å²) in [7, 11) is 0. The molecule has 0 unspecified atom stereocenters. The van der Waals surface area contributed by atoms with E-state index in [4.69, 9.17) is 0 Å². The van der Waals surface area contributed by atoms with Crippen LogP contribution in [0.15, 0.2) is 18.2 Å². The fraction of sp³-hybridized carbons (Fsp3) is 0.333. The first-order valence-electron chi connectivity index (χ1n) is 6.20. The number of rotatable bonds is 5. The van der Waals surface area contributed by atoms with Crippen molar-refractivity contribution < 1.29 is 4.92 Å². The van der Waals surface area contributed by atoms with Gasteiger partial charge in [0.05, 0.1) is 10.6 Å². The molecule has 8 heteroatoms. The summed E-state index contributed by atoms with van der Waals surface area (Å²) < 4.78 is 0.693. The molecule has 0 atom stereocenters. The average molecular weight is 385 g/mol. The zero-order chi connectivity index (χ0) is 14.1. The lowest BCUT2D eigenvalue weighted by molar-refractivity contribution is -0.384. The third-order valence-corrected chi connectivity index (χ3v) is 3.91. The molecule has 0 bridgehead atoms. The van der Waals surface area contributed by atoms with E-state index in [9.17, 15) is 10.1 Å². The second-order valence-corrected chi connectivity index (χ2v) is 5.43. The number of pyridine rings is 1. The number of hydrogen-bond acceptors (Lipinski definition) is 5. The van der Waals surface area contributed by atoms with Gasteiger partial charge in [-0.15, -0.1) is 0 Å². The van der Waals surface area contributed by atoms with Crippen molar-refractivity contribution in [3.05, 3.63) is 39.7 Å². The van der Waals surface area contributed by atoms with E-state index in [1.165, 1.54) is 18.9 Å². The van der Waals surface area contributed by atoms with Crippen LogP contribution in [0.2, 0.25) is 0 Å². The van der Waals surface area contributed by atoms with Crippen LogP contribution < -0.4 is 5.32 Å². The van der Waals surface area contributed by atoms with E-state index in [2.05, 4.69) is 43.1 Å². The van der Waals surface area contributed by atoms with Gasteiger partial charge in [-0.05, 0) is 18.9 Å². The fourth-order valence-corrected chi connectivity index (χ4v) is 2.36. The molecule has 1 aliphatic carbocycles. The zero-order valence-corrected chi connectivity index (χ0v) is 12.6. The minimum atomic E-state index is -0.444. The van der Waals surface area contributed by atoms with Crippen LogP contribution in [0.3, 0.4) is 0 Å². The van der Waals surface area contributed by atoms with Crippen molar-refractivity contribution >= 4 is 39.9 Å². The summed E-state index contributed by atoms with van der Waals surface area (Å²) in [5.41, 5.74) is 1.81. The number of nitrogens with one attached hydrogen (secondary N) is 2. The van der Waals surface area contributed by atoms with E-state index in [0.717, 1.165) is 11.4 Å². The van der Waals surface area contributed by atoms with Crippen molar-refractivity contribution in [1.82, 2.24) is 15.2 Å². The van der Waals surface area contributed by atoms with Crippen LogP contribution in [0.5, 0.6) is 0 Å². The van der Waals surface area contributed by atoms with Gasteiger partial charge in [0, 0.05) is 28.2 Å². The molecule has 20 heavy (non-hydrogen) atoms. The molecule has 104 valence electrons. The van der Waals surface area contributed by atoms with Gasteiger partial charge in [-0.3, -0.25) is 15.2 Å². The molecule has 0 saturated heterocycles. The van der Waals surface area contributed by atoms with Gasteiger partial charge in [0.2, 0.25) is 5.82 Å². The first-order valence-corrected chi connectivity index (χ1v) is 7.72. The van der Waals surface area contributed by atoms with Crippen LogP contribution >= 0.6 is 22.6 Å². The van der Waals surface area contributed by atoms with Crippen molar-refractivity contribution in [3.8, 4) is 0 Å². The van der Waals surface area contributed by atoms with Crippen LogP contribution in [-0.4, -0.2) is 20.1 Å². The van der Waals surface area contributed by atoms with Gasteiger partial charge in [0.15, 0.2) is 5.82 Å². The third kappa shape index (κ3) is 2.74. The number of nitro groups is 1. The summed E-state index contributed by atoms with van der Waals surface area (Å²) in [6.07, 6.45) is 2.34. The number of alkyl halides is 1. The first-order chi connectivity index (χ1) is 9.67. The Morgan fingerprint density at radius 2 is 2.30 bits per heavy atom. The predicted molar refractivity (Wildman–Crippen MR) is 82.5 cm³/mol. The molecule has 7 nitrogen and oxygen atoms in total. The van der Waals surface area contributed by atoms with E-state index >= 15 is 0 Å². The molecular weight excluding hydrogens is 373 g/mol. The van der Waals surface area contributed by atoms with Crippen molar-refractivity contribution in [2.75, 3.05) is 5.32 Å². The Kier molecular flexibility index (Phi) is 3.55. The molecule has 2 aromatic heterocycles. The van der Waals surface area contributed by atoms with E-state index in [1.807, 2.05) is 6.07 Å². The zero-order valence-electron chi connectivity index (χ0n) is 10.5. The Balaban J connectivity index is 1.88. The molecule has 1 fully saturated rings. The van der Waals surface area contributed by atoms with Gasteiger partial charge in [-0.1, -0.05) is 22.6 Å². The fourth-order valence-electron chi connectivity index (χ4n) is 1.93. The quantitative estimate of drug-likeness (QED) is 0.356. The summed E-state index contributed by atoms with van der Waals surface area (Å²) >= 11 is 2.17. The normalized spacial score (nSPS) is 14.2. The van der Waals surface area contributed by atoms with Gasteiger partial charge in [-0.2, -0.15) is 5.10 Å². The summed E-state index contributed by atoms with van der Waals surface area (Å²) in [5.74, 6) is 1.35. The minimum absolute atomic E-state index is 0.0467. The topological polar surface area (TPSA) is 96.7 Å². The maximum absolute atomic E-state index is 11.0. The first kappa shape index (κ1) is 13.3. The van der Waals surface area contributed by atoms with Gasteiger partial charge in [0.1, 0.15) is 0 Å². The number of anilines is 2. The summed E-state index contributed by atoms with van der Waals surface area (Å²) in [6, 6.07) is 5.02. The van der Waals surface area contributed by atoms with Gasteiger partial charge < -0.3 is 5.32 Å². The van der Waals surface area contributed by atoms with E-state index in [-0.39, 0.29) is 11.5 Å². The third-order valence-electron chi connectivity index (χ3n) is 3.13. The van der Waals surface area contributed by atoms with Crippen LogP contribution in [0.4, 0.5) is 17.3 Å². The Hall–Kier alpha value is -1.71. The molecule has 0 aliphatic heterocycles. The van der Waals surface area contributed by atoms with Crippen LogP contribution in [0.25, 0.3) is 0 Å². The van der Waals surface area contributed by atoms with Crippen molar-refractivity contribution in [1.29, 1.82) is 0 Å². The van der Waals surface area contributed by atoms with Crippen molar-refractivity contribution in [3.63, 3.8) is 0 Å². The van der Waals surface area contributed by atoms with E-state index < -0.39 is 4.92 Å². The summed E-state index contributed by atoms with van der Waals surface area (Å²) in [4.78, 5) is 14.9. The molecule has 0 spiro atoms. The monoisotopic (exact) mass is 385 g/mol. The summed E-state index contributed by atoms with van der Waals surface area (Å²) in [6.45, 7) is 0. The maximum Gasteiger partial charge on any atom is 0.311 e. The van der Waals surface area contributed by atoms with E-state index in [0.29, 0.717) is 16.2 Å². The molecule has 1 saturated carbocycles. The maximum atomic E-state index is 11.0. The van der Waals surface area contributed by atoms with Gasteiger partial charge in [0.25, 0.3) is 0 Å². The molecule has 3 rings (SSSR count). The van der Waals surface area contributed by atoms with Crippen LogP contribution in [0.1, 0.15) is 30.1 Å². The molecule has 2 aromatic rings. The number of nitrogens with zero attached hydrogens (tertiary/aromatic N) is 3.